The van der Waals surface area contributed by atoms with Gasteiger partial charge in [-0.2, -0.15) is 0 Å². The number of aliphatic hydroxyl groups is 1. The van der Waals surface area contributed by atoms with Crippen molar-refractivity contribution in [2.75, 3.05) is 26.7 Å². The van der Waals surface area contributed by atoms with E-state index < -0.39 is 5.60 Å². The molecular weight excluding hydrogens is 294 g/mol. The van der Waals surface area contributed by atoms with Crippen molar-refractivity contribution in [2.24, 2.45) is 5.41 Å². The standard InChI is InChI=1S/C22H34NO/c1-5-21(3,6-2)22(24,20-14-9-7-10-15-20)16-13-19-23(4)17-11-8-12-18-23/h7,9-10,14-15,24H,5-6,8,11-12,17-19H2,1-4H3/q+1/t22-/m1/s1. The average Bonchev–Trinajstić information content (AvgIpc) is 2.62. The van der Waals surface area contributed by atoms with Crippen LogP contribution in [0.1, 0.15) is 58.4 Å². The molecule has 1 saturated heterocycles. The zero-order valence-electron chi connectivity index (χ0n) is 15.9. The Morgan fingerprint density at radius 3 is 2.17 bits per heavy atom. The highest BCUT2D eigenvalue weighted by Crippen LogP contribution is 2.44. The first-order valence-corrected chi connectivity index (χ1v) is 9.51. The van der Waals surface area contributed by atoms with Crippen LogP contribution in [0.4, 0.5) is 0 Å². The molecule has 0 unspecified atom stereocenters. The maximum Gasteiger partial charge on any atom is 0.156 e. The van der Waals surface area contributed by atoms with E-state index in [0.717, 1.165) is 29.4 Å². The lowest BCUT2D eigenvalue weighted by Crippen LogP contribution is -2.48. The summed E-state index contributed by atoms with van der Waals surface area (Å²) in [5.74, 6) is 6.70. The summed E-state index contributed by atoms with van der Waals surface area (Å²) in [7, 11) is 2.30. The fraction of sp³-hybridized carbons (Fsp3) is 0.636. The highest BCUT2D eigenvalue weighted by atomic mass is 16.3. The molecule has 1 heterocycles. The number of likely N-dealkylation sites (tertiary alicyclic amines) is 1. The van der Waals surface area contributed by atoms with Crippen molar-refractivity contribution < 1.29 is 9.59 Å². The molecule has 2 nitrogen and oxygen atoms in total. The molecule has 24 heavy (non-hydrogen) atoms. The first-order chi connectivity index (χ1) is 11.4. The third kappa shape index (κ3) is 3.85. The molecule has 2 rings (SSSR count). The van der Waals surface area contributed by atoms with Gasteiger partial charge in [0.05, 0.1) is 20.1 Å². The predicted octanol–water partition coefficient (Wildman–Crippen LogP) is 4.33. The lowest BCUT2D eigenvalue weighted by atomic mass is 9.66. The van der Waals surface area contributed by atoms with E-state index in [9.17, 15) is 5.11 Å². The number of quaternary nitrogens is 1. The number of piperidine rings is 1. The van der Waals surface area contributed by atoms with Crippen molar-refractivity contribution in [2.45, 2.75) is 58.5 Å². The van der Waals surface area contributed by atoms with Gasteiger partial charge in [-0.1, -0.05) is 57.0 Å². The Hall–Kier alpha value is -1.30. The van der Waals surface area contributed by atoms with Crippen LogP contribution in [0.2, 0.25) is 0 Å². The molecule has 0 amide bonds. The van der Waals surface area contributed by atoms with E-state index in [1.807, 2.05) is 30.3 Å². The Morgan fingerprint density at radius 1 is 1.04 bits per heavy atom. The minimum atomic E-state index is -1.09. The summed E-state index contributed by atoms with van der Waals surface area (Å²) < 4.78 is 1.02. The van der Waals surface area contributed by atoms with Crippen molar-refractivity contribution in [1.29, 1.82) is 0 Å². The fourth-order valence-electron chi connectivity index (χ4n) is 3.80. The third-order valence-corrected chi connectivity index (χ3v) is 6.25. The maximum absolute atomic E-state index is 11.6. The number of rotatable bonds is 5. The van der Waals surface area contributed by atoms with Crippen LogP contribution in [0.5, 0.6) is 0 Å². The normalized spacial score (nSPS) is 19.9. The quantitative estimate of drug-likeness (QED) is 0.630. The van der Waals surface area contributed by atoms with Crippen LogP contribution in [0, 0.1) is 17.3 Å². The Kier molecular flexibility index (Phi) is 6.12. The SMILES string of the molecule is CCC(C)(CC)[C@@](O)(C#CC[N+]1(C)CCCCC1)c1ccccc1. The summed E-state index contributed by atoms with van der Waals surface area (Å²) in [6, 6.07) is 10.00. The molecule has 1 atom stereocenters. The molecule has 1 aliphatic rings. The zero-order chi connectivity index (χ0) is 17.7. The molecule has 0 saturated carbocycles. The first-order valence-electron chi connectivity index (χ1n) is 9.51. The Balaban J connectivity index is 2.33. The van der Waals surface area contributed by atoms with E-state index in [0.29, 0.717) is 0 Å². The van der Waals surface area contributed by atoms with Crippen LogP contribution in [-0.2, 0) is 5.60 Å². The molecule has 1 aliphatic heterocycles. The van der Waals surface area contributed by atoms with Crippen LogP contribution >= 0.6 is 0 Å². The number of hydrogen-bond acceptors (Lipinski definition) is 1. The second kappa shape index (κ2) is 7.72. The molecule has 1 aromatic carbocycles. The maximum atomic E-state index is 11.6. The predicted molar refractivity (Wildman–Crippen MR) is 101 cm³/mol. The first kappa shape index (κ1) is 19.0. The largest absolute Gasteiger partial charge is 0.373 e. The molecular formula is C22H34NO+. The summed E-state index contributed by atoms with van der Waals surface area (Å²) >= 11 is 0. The van der Waals surface area contributed by atoms with E-state index >= 15 is 0 Å². The number of benzene rings is 1. The lowest BCUT2D eigenvalue weighted by molar-refractivity contribution is -0.907. The van der Waals surface area contributed by atoms with Crippen molar-refractivity contribution in [3.8, 4) is 11.8 Å². The van der Waals surface area contributed by atoms with Gasteiger partial charge in [0.1, 0.15) is 6.54 Å². The second-order valence-corrected chi connectivity index (χ2v) is 7.93. The van der Waals surface area contributed by atoms with Gasteiger partial charge in [0.15, 0.2) is 5.60 Å². The molecule has 1 N–H and O–H groups in total. The lowest BCUT2D eigenvalue weighted by Gasteiger charge is -2.41. The topological polar surface area (TPSA) is 20.2 Å². The summed E-state index contributed by atoms with van der Waals surface area (Å²) in [6.07, 6.45) is 5.73. The van der Waals surface area contributed by atoms with E-state index in [4.69, 9.17) is 0 Å². The van der Waals surface area contributed by atoms with Gasteiger partial charge in [-0.15, -0.1) is 0 Å². The summed E-state index contributed by atoms with van der Waals surface area (Å²) in [5.41, 5.74) is -0.417. The zero-order valence-corrected chi connectivity index (χ0v) is 15.9. The van der Waals surface area contributed by atoms with Gasteiger partial charge in [0, 0.05) is 5.41 Å². The minimum Gasteiger partial charge on any atom is -0.373 e. The van der Waals surface area contributed by atoms with Crippen LogP contribution in [0.15, 0.2) is 30.3 Å². The van der Waals surface area contributed by atoms with Crippen molar-refractivity contribution in [3.05, 3.63) is 35.9 Å². The van der Waals surface area contributed by atoms with Crippen LogP contribution < -0.4 is 0 Å². The van der Waals surface area contributed by atoms with Gasteiger partial charge in [-0.05, 0) is 43.6 Å². The van der Waals surface area contributed by atoms with Crippen molar-refractivity contribution in [3.63, 3.8) is 0 Å². The molecule has 1 aromatic rings. The van der Waals surface area contributed by atoms with E-state index in [2.05, 4.69) is 39.7 Å². The molecule has 0 radical (unpaired) electrons. The number of hydrogen-bond donors (Lipinski definition) is 1. The Morgan fingerprint density at radius 2 is 1.62 bits per heavy atom. The van der Waals surface area contributed by atoms with Gasteiger partial charge in [0.2, 0.25) is 0 Å². The smallest absolute Gasteiger partial charge is 0.156 e. The van der Waals surface area contributed by atoms with Gasteiger partial charge in [-0.25, -0.2) is 0 Å². The summed E-state index contributed by atoms with van der Waals surface area (Å²) in [6.45, 7) is 9.70. The van der Waals surface area contributed by atoms with E-state index in [-0.39, 0.29) is 5.41 Å². The molecule has 132 valence electrons. The van der Waals surface area contributed by atoms with Gasteiger partial charge < -0.3 is 9.59 Å². The van der Waals surface area contributed by atoms with E-state index in [1.165, 1.54) is 32.4 Å². The molecule has 0 bridgehead atoms. The van der Waals surface area contributed by atoms with Gasteiger partial charge in [0.25, 0.3) is 0 Å². The molecule has 0 spiro atoms. The highest BCUT2D eigenvalue weighted by molar-refractivity contribution is 5.35. The Bertz CT molecular complexity index is 573. The fourth-order valence-corrected chi connectivity index (χ4v) is 3.80. The summed E-state index contributed by atoms with van der Waals surface area (Å²) in [5, 5.41) is 11.6. The van der Waals surface area contributed by atoms with Gasteiger partial charge in [-0.3, -0.25) is 0 Å². The van der Waals surface area contributed by atoms with Crippen molar-refractivity contribution >= 4 is 0 Å². The average molecular weight is 329 g/mol. The van der Waals surface area contributed by atoms with Crippen molar-refractivity contribution in [1.82, 2.24) is 0 Å². The highest BCUT2D eigenvalue weighted by Gasteiger charge is 2.44. The van der Waals surface area contributed by atoms with Crippen LogP contribution in [0.3, 0.4) is 0 Å². The van der Waals surface area contributed by atoms with Crippen LogP contribution in [0.25, 0.3) is 0 Å². The molecule has 0 aliphatic carbocycles. The van der Waals surface area contributed by atoms with E-state index in [1.54, 1.807) is 0 Å². The minimum absolute atomic E-state index is 0.248. The molecule has 1 fully saturated rings. The monoisotopic (exact) mass is 328 g/mol. The third-order valence-electron chi connectivity index (χ3n) is 6.25. The van der Waals surface area contributed by atoms with Crippen LogP contribution in [-0.4, -0.2) is 36.3 Å². The van der Waals surface area contributed by atoms with Gasteiger partial charge >= 0.3 is 0 Å². The Labute approximate surface area is 148 Å². The molecule has 0 aromatic heterocycles. The summed E-state index contributed by atoms with van der Waals surface area (Å²) in [4.78, 5) is 0. The second-order valence-electron chi connectivity index (χ2n) is 7.93. The number of nitrogens with zero attached hydrogens (tertiary/aromatic N) is 1. The molecule has 2 heteroatoms.